The van der Waals surface area contributed by atoms with Gasteiger partial charge in [-0.05, 0) is 43.0 Å². The fraction of sp³-hybridized carbons (Fsp3) is 0.345. The lowest BCUT2D eigenvalue weighted by atomic mass is 10.0. The van der Waals surface area contributed by atoms with Gasteiger partial charge in [0.05, 0.1) is 6.04 Å². The van der Waals surface area contributed by atoms with Gasteiger partial charge in [0.1, 0.15) is 0 Å². The van der Waals surface area contributed by atoms with E-state index in [0.29, 0.717) is 0 Å². The molecule has 5 heteroatoms. The number of urea groups is 1. The summed E-state index contributed by atoms with van der Waals surface area (Å²) in [5.41, 5.74) is 4.74. The first-order valence-corrected chi connectivity index (χ1v) is 12.6. The SMILES string of the molecule is CCN(CC)C(=O)N1CCN(Cc2ccc(-c3ccccc3Cl)cc2)C[C@@H]1Cc1ccccc1. The van der Waals surface area contributed by atoms with Crippen LogP contribution in [0.4, 0.5) is 4.79 Å². The van der Waals surface area contributed by atoms with Crippen LogP contribution in [-0.4, -0.2) is 59.5 Å². The van der Waals surface area contributed by atoms with Gasteiger partial charge < -0.3 is 9.80 Å². The standard InChI is InChI=1S/C29H34ClN3O/c1-3-32(4-2)29(34)33-19-18-31(22-26(33)20-23-10-6-5-7-11-23)21-24-14-16-25(17-15-24)27-12-8-9-13-28(27)30/h5-17,26H,3-4,18-22H2,1-2H3/t26-/m0/s1. The van der Waals surface area contributed by atoms with E-state index in [0.717, 1.165) is 61.8 Å². The van der Waals surface area contributed by atoms with Crippen LogP contribution in [0.2, 0.25) is 5.02 Å². The third kappa shape index (κ3) is 5.81. The molecule has 1 saturated heterocycles. The van der Waals surface area contributed by atoms with E-state index >= 15 is 0 Å². The van der Waals surface area contributed by atoms with E-state index in [-0.39, 0.29) is 12.1 Å². The van der Waals surface area contributed by atoms with Crippen molar-refractivity contribution in [3.05, 3.63) is 95.0 Å². The number of carbonyl (C=O) groups excluding carboxylic acids is 1. The van der Waals surface area contributed by atoms with Crippen molar-refractivity contribution in [1.82, 2.24) is 14.7 Å². The molecule has 4 nitrogen and oxygen atoms in total. The zero-order chi connectivity index (χ0) is 23.9. The van der Waals surface area contributed by atoms with Gasteiger partial charge in [-0.15, -0.1) is 0 Å². The Hall–Kier alpha value is -2.82. The van der Waals surface area contributed by atoms with Crippen molar-refractivity contribution in [2.45, 2.75) is 32.9 Å². The summed E-state index contributed by atoms with van der Waals surface area (Å²) in [7, 11) is 0. The molecule has 0 saturated carbocycles. The molecular formula is C29H34ClN3O. The van der Waals surface area contributed by atoms with Crippen molar-refractivity contribution in [3.8, 4) is 11.1 Å². The Labute approximate surface area is 208 Å². The van der Waals surface area contributed by atoms with Crippen molar-refractivity contribution in [1.29, 1.82) is 0 Å². The second-order valence-electron chi connectivity index (χ2n) is 8.90. The summed E-state index contributed by atoms with van der Waals surface area (Å²) in [6, 6.07) is 27.5. The van der Waals surface area contributed by atoms with E-state index in [1.807, 2.05) is 29.2 Å². The largest absolute Gasteiger partial charge is 0.325 e. The Kier molecular flexibility index (Phi) is 8.25. The Morgan fingerprint density at radius 1 is 0.882 bits per heavy atom. The van der Waals surface area contributed by atoms with E-state index in [9.17, 15) is 4.79 Å². The van der Waals surface area contributed by atoms with Crippen LogP contribution in [0.3, 0.4) is 0 Å². The molecule has 0 aliphatic carbocycles. The van der Waals surface area contributed by atoms with Crippen molar-refractivity contribution in [3.63, 3.8) is 0 Å². The van der Waals surface area contributed by atoms with Crippen molar-refractivity contribution in [2.75, 3.05) is 32.7 Å². The van der Waals surface area contributed by atoms with E-state index in [1.54, 1.807) is 0 Å². The van der Waals surface area contributed by atoms with Gasteiger partial charge in [0.15, 0.2) is 0 Å². The first kappa shape index (κ1) is 24.3. The number of benzene rings is 3. The molecule has 1 aliphatic rings. The molecule has 1 aliphatic heterocycles. The third-order valence-electron chi connectivity index (χ3n) is 6.71. The zero-order valence-electron chi connectivity index (χ0n) is 20.2. The fourth-order valence-electron chi connectivity index (χ4n) is 4.79. The maximum atomic E-state index is 13.2. The molecular weight excluding hydrogens is 442 g/mol. The summed E-state index contributed by atoms with van der Waals surface area (Å²) in [5, 5.41) is 0.771. The van der Waals surface area contributed by atoms with Gasteiger partial charge in [0.2, 0.25) is 0 Å². The predicted molar refractivity (Wildman–Crippen MR) is 141 cm³/mol. The molecule has 0 aromatic heterocycles. The first-order valence-electron chi connectivity index (χ1n) is 12.2. The van der Waals surface area contributed by atoms with Gasteiger partial charge in [0.25, 0.3) is 0 Å². The van der Waals surface area contributed by atoms with Gasteiger partial charge in [-0.2, -0.15) is 0 Å². The number of hydrogen-bond donors (Lipinski definition) is 0. The van der Waals surface area contributed by atoms with Crippen molar-refractivity contribution in [2.24, 2.45) is 0 Å². The summed E-state index contributed by atoms with van der Waals surface area (Å²) in [5.74, 6) is 0. The van der Waals surface area contributed by atoms with Crippen LogP contribution < -0.4 is 0 Å². The molecule has 178 valence electrons. The predicted octanol–water partition coefficient (Wildman–Crippen LogP) is 6.20. The van der Waals surface area contributed by atoms with Gasteiger partial charge in [0, 0.05) is 49.9 Å². The molecule has 0 spiro atoms. The van der Waals surface area contributed by atoms with E-state index in [4.69, 9.17) is 11.6 Å². The van der Waals surface area contributed by atoms with Crippen LogP contribution in [0.5, 0.6) is 0 Å². The molecule has 34 heavy (non-hydrogen) atoms. The summed E-state index contributed by atoms with van der Waals surface area (Å²) < 4.78 is 0. The second kappa shape index (κ2) is 11.5. The monoisotopic (exact) mass is 475 g/mol. The molecule has 1 atom stereocenters. The molecule has 1 fully saturated rings. The Bertz CT molecular complexity index is 1070. The van der Waals surface area contributed by atoms with Crippen LogP contribution in [-0.2, 0) is 13.0 Å². The molecule has 3 aromatic carbocycles. The van der Waals surface area contributed by atoms with Crippen LogP contribution in [0.1, 0.15) is 25.0 Å². The smallest absolute Gasteiger partial charge is 0.320 e. The lowest BCUT2D eigenvalue weighted by molar-refractivity contribution is 0.0725. The van der Waals surface area contributed by atoms with Crippen LogP contribution in [0.25, 0.3) is 11.1 Å². The minimum atomic E-state index is 0.159. The molecule has 4 rings (SSSR count). The highest BCUT2D eigenvalue weighted by molar-refractivity contribution is 6.33. The molecule has 0 N–H and O–H groups in total. The molecule has 2 amide bonds. The number of amides is 2. The number of rotatable bonds is 7. The maximum absolute atomic E-state index is 13.2. The number of hydrogen-bond acceptors (Lipinski definition) is 2. The topological polar surface area (TPSA) is 26.8 Å². The molecule has 3 aromatic rings. The molecule has 0 radical (unpaired) electrons. The minimum Gasteiger partial charge on any atom is -0.325 e. The highest BCUT2D eigenvalue weighted by Gasteiger charge is 2.32. The lowest BCUT2D eigenvalue weighted by Gasteiger charge is -2.43. The van der Waals surface area contributed by atoms with Gasteiger partial charge >= 0.3 is 6.03 Å². The number of nitrogens with zero attached hydrogens (tertiary/aromatic N) is 3. The highest BCUT2D eigenvalue weighted by Crippen LogP contribution is 2.28. The van der Waals surface area contributed by atoms with Crippen LogP contribution >= 0.6 is 11.6 Å². The summed E-state index contributed by atoms with van der Waals surface area (Å²) in [6.07, 6.45) is 0.871. The van der Waals surface area contributed by atoms with E-state index in [2.05, 4.69) is 78.2 Å². The quantitative estimate of drug-likeness (QED) is 0.407. The van der Waals surface area contributed by atoms with Gasteiger partial charge in [-0.3, -0.25) is 4.90 Å². The van der Waals surface area contributed by atoms with Crippen LogP contribution in [0.15, 0.2) is 78.9 Å². The lowest BCUT2D eigenvalue weighted by Crippen LogP contribution is -2.58. The minimum absolute atomic E-state index is 0.159. The highest BCUT2D eigenvalue weighted by atomic mass is 35.5. The zero-order valence-corrected chi connectivity index (χ0v) is 20.9. The summed E-state index contributed by atoms with van der Waals surface area (Å²) in [6.45, 7) is 8.97. The number of halogens is 1. The maximum Gasteiger partial charge on any atom is 0.320 e. The van der Waals surface area contributed by atoms with Crippen molar-refractivity contribution < 1.29 is 4.79 Å². The van der Waals surface area contributed by atoms with E-state index in [1.165, 1.54) is 11.1 Å². The average molecular weight is 476 g/mol. The molecule has 0 unspecified atom stereocenters. The van der Waals surface area contributed by atoms with E-state index < -0.39 is 0 Å². The summed E-state index contributed by atoms with van der Waals surface area (Å²) in [4.78, 5) is 19.8. The second-order valence-corrected chi connectivity index (χ2v) is 9.31. The number of carbonyl (C=O) groups is 1. The van der Waals surface area contributed by atoms with Gasteiger partial charge in [-0.1, -0.05) is 84.4 Å². The van der Waals surface area contributed by atoms with Gasteiger partial charge in [-0.25, -0.2) is 4.79 Å². The Morgan fingerprint density at radius 3 is 2.24 bits per heavy atom. The number of piperazine rings is 1. The fourth-order valence-corrected chi connectivity index (χ4v) is 5.04. The Morgan fingerprint density at radius 2 is 1.56 bits per heavy atom. The molecule has 1 heterocycles. The Balaban J connectivity index is 1.47. The summed E-state index contributed by atoms with van der Waals surface area (Å²) >= 11 is 6.38. The average Bonchev–Trinajstić information content (AvgIpc) is 2.86. The first-order chi connectivity index (χ1) is 16.6. The van der Waals surface area contributed by atoms with Crippen molar-refractivity contribution >= 4 is 17.6 Å². The normalized spacial score (nSPS) is 16.4. The third-order valence-corrected chi connectivity index (χ3v) is 7.04. The van der Waals surface area contributed by atoms with Crippen LogP contribution in [0, 0.1) is 0 Å². The molecule has 0 bridgehead atoms.